The van der Waals surface area contributed by atoms with Crippen molar-refractivity contribution >= 4 is 79.3 Å². The number of fused-ring (bicyclic) bond motifs is 6. The summed E-state index contributed by atoms with van der Waals surface area (Å²) in [5.74, 6) is 0.0929. The first-order valence-electron chi connectivity index (χ1n) is 17.6. The summed E-state index contributed by atoms with van der Waals surface area (Å²) < 4.78 is 3.59. The van der Waals surface area contributed by atoms with Crippen molar-refractivity contribution in [2.45, 2.75) is 39.0 Å². The van der Waals surface area contributed by atoms with Crippen LogP contribution < -0.4 is 0 Å². The Balaban J connectivity index is 1.03. The molecule has 0 radical (unpaired) electrons. The maximum atomic E-state index is 11.3. The molecule has 0 saturated heterocycles. The van der Waals surface area contributed by atoms with Crippen LogP contribution in [-0.2, 0) is 0 Å². The summed E-state index contributed by atoms with van der Waals surface area (Å²) in [5.41, 5.74) is 10.2. The molecular formula is C42H28Cl2N10O. The van der Waals surface area contributed by atoms with Crippen molar-refractivity contribution in [2.75, 3.05) is 0 Å². The number of benzene rings is 4. The summed E-state index contributed by atoms with van der Waals surface area (Å²) >= 11 is 13.5. The number of nitrogens with zero attached hydrogens (tertiary/aromatic N) is 10. The predicted molar refractivity (Wildman–Crippen MR) is 213 cm³/mol. The minimum absolute atomic E-state index is 0.140. The number of azo groups is 2. The molecule has 0 spiro atoms. The van der Waals surface area contributed by atoms with Gasteiger partial charge in [-0.05, 0) is 91.9 Å². The van der Waals surface area contributed by atoms with E-state index in [0.29, 0.717) is 60.6 Å². The Morgan fingerprint density at radius 2 is 1.16 bits per heavy atom. The molecule has 13 heteroatoms. The van der Waals surface area contributed by atoms with Crippen molar-refractivity contribution < 1.29 is 5.11 Å². The van der Waals surface area contributed by atoms with Crippen molar-refractivity contribution in [1.82, 2.24) is 18.8 Å². The van der Waals surface area contributed by atoms with Gasteiger partial charge in [0.1, 0.15) is 40.3 Å². The molecule has 0 aliphatic heterocycles. The van der Waals surface area contributed by atoms with E-state index in [2.05, 4.69) is 36.9 Å². The molecule has 0 amide bonds. The smallest absolute Gasteiger partial charge is 0.226 e. The summed E-state index contributed by atoms with van der Waals surface area (Å²) in [4.78, 5) is 9.38. The van der Waals surface area contributed by atoms with Crippen LogP contribution in [-0.4, -0.2) is 23.9 Å². The third kappa shape index (κ3) is 5.47. The largest absolute Gasteiger partial charge is 0.493 e. The van der Waals surface area contributed by atoms with Gasteiger partial charge in [-0.2, -0.15) is 10.5 Å². The molecule has 0 unspecified atom stereocenters. The van der Waals surface area contributed by atoms with Gasteiger partial charge in [-0.25, -0.2) is 9.97 Å². The van der Waals surface area contributed by atoms with Crippen LogP contribution >= 0.6 is 23.2 Å². The van der Waals surface area contributed by atoms with Gasteiger partial charge in [0.05, 0.1) is 37.8 Å². The molecule has 9 rings (SSSR count). The number of imidazole rings is 2. The highest BCUT2D eigenvalue weighted by atomic mass is 35.5. The van der Waals surface area contributed by atoms with E-state index in [0.717, 1.165) is 52.7 Å². The van der Waals surface area contributed by atoms with Crippen molar-refractivity contribution in [3.63, 3.8) is 0 Å². The summed E-state index contributed by atoms with van der Waals surface area (Å²) in [6.45, 7) is 3.60. The maximum absolute atomic E-state index is 11.3. The molecule has 55 heavy (non-hydrogen) atoms. The van der Waals surface area contributed by atoms with E-state index >= 15 is 0 Å². The van der Waals surface area contributed by atoms with Gasteiger partial charge in [0.25, 0.3) is 0 Å². The second-order valence-electron chi connectivity index (χ2n) is 13.5. The molecule has 11 nitrogen and oxygen atoms in total. The first-order chi connectivity index (χ1) is 26.8. The quantitative estimate of drug-likeness (QED) is 0.167. The fourth-order valence-corrected chi connectivity index (χ4v) is 7.74. The molecule has 1 aliphatic rings. The lowest BCUT2D eigenvalue weighted by atomic mass is 9.81. The Bertz CT molecular complexity index is 3070. The van der Waals surface area contributed by atoms with Crippen LogP contribution in [0.4, 0.5) is 22.7 Å². The van der Waals surface area contributed by atoms with Gasteiger partial charge < -0.3 is 5.11 Å². The highest BCUT2D eigenvalue weighted by Crippen LogP contribution is 2.46. The lowest BCUT2D eigenvalue weighted by Crippen LogP contribution is -2.14. The van der Waals surface area contributed by atoms with E-state index in [-0.39, 0.29) is 23.0 Å². The normalized spacial score (nSPS) is 13.4. The fraction of sp³-hybridized carbons (Fsp3) is 0.143. The monoisotopic (exact) mass is 758 g/mol. The number of rotatable bonds is 6. The Morgan fingerprint density at radius 3 is 1.67 bits per heavy atom. The van der Waals surface area contributed by atoms with Crippen molar-refractivity contribution in [3.8, 4) is 29.1 Å². The highest BCUT2D eigenvalue weighted by molar-refractivity contribution is 6.34. The highest BCUT2D eigenvalue weighted by Gasteiger charge is 2.30. The lowest BCUT2D eigenvalue weighted by Gasteiger charge is -2.28. The van der Waals surface area contributed by atoms with Gasteiger partial charge in [-0.1, -0.05) is 66.0 Å². The average molecular weight is 760 g/mol. The molecule has 266 valence electrons. The molecule has 1 aliphatic carbocycles. The van der Waals surface area contributed by atoms with Gasteiger partial charge >= 0.3 is 0 Å². The molecule has 8 aromatic rings. The van der Waals surface area contributed by atoms with Crippen LogP contribution in [0.2, 0.25) is 10.0 Å². The third-order valence-electron chi connectivity index (χ3n) is 10.4. The first-order valence-corrected chi connectivity index (χ1v) is 18.3. The standard InChI is InChI=1S/C42H28Cl2N10O/c1-22-27(20-45)40-47-33-10-3-5-12-35(33)53(40)39(24-8-7-9-24)37(22)51-49-31-16-14-25(18-29(31)43)26-15-17-32(30(44)19-26)50-52-38-23(2)28(21-46)41-48-34-11-4-6-13-36(34)54(41)42(38)55/h3-6,10-19,24,55H,7-9H2,1-2H3. The summed E-state index contributed by atoms with van der Waals surface area (Å²) in [6, 6.07) is 30.6. The van der Waals surface area contributed by atoms with Gasteiger partial charge in [0.2, 0.25) is 5.88 Å². The lowest BCUT2D eigenvalue weighted by molar-refractivity contribution is 0.409. The predicted octanol–water partition coefficient (Wildman–Crippen LogP) is 12.4. The van der Waals surface area contributed by atoms with Crippen LogP contribution in [0.1, 0.15) is 53.1 Å². The Kier molecular flexibility index (Phi) is 8.27. The van der Waals surface area contributed by atoms with Gasteiger partial charge in [0, 0.05) is 11.5 Å². The van der Waals surface area contributed by atoms with Crippen LogP contribution in [0, 0.1) is 36.5 Å². The zero-order valence-electron chi connectivity index (χ0n) is 29.5. The molecule has 0 atom stereocenters. The molecule has 0 bridgehead atoms. The zero-order chi connectivity index (χ0) is 38.0. The third-order valence-corrected chi connectivity index (χ3v) is 11.0. The Labute approximate surface area is 324 Å². The second kappa shape index (κ2) is 13.3. The number of halogens is 2. The summed E-state index contributed by atoms with van der Waals surface area (Å²) in [6.07, 6.45) is 3.18. The van der Waals surface area contributed by atoms with Gasteiger partial charge in [-0.15, -0.1) is 20.5 Å². The number of pyridine rings is 2. The van der Waals surface area contributed by atoms with Crippen molar-refractivity contribution in [2.24, 2.45) is 20.5 Å². The maximum Gasteiger partial charge on any atom is 0.226 e. The Hall–Kier alpha value is -6.66. The van der Waals surface area contributed by atoms with Crippen LogP contribution in [0.15, 0.2) is 105 Å². The molecule has 1 saturated carbocycles. The van der Waals surface area contributed by atoms with E-state index in [1.807, 2.05) is 67.6 Å². The van der Waals surface area contributed by atoms with Crippen LogP contribution in [0.25, 0.3) is 44.5 Å². The topological polar surface area (TPSA) is 152 Å². The molecule has 1 N–H and O–H groups in total. The van der Waals surface area contributed by atoms with E-state index < -0.39 is 0 Å². The number of para-hydroxylation sites is 4. The number of nitriles is 2. The Morgan fingerprint density at radius 1 is 0.673 bits per heavy atom. The number of aromatic nitrogens is 4. The fourth-order valence-electron chi connectivity index (χ4n) is 7.30. The molecule has 1 fully saturated rings. The number of aromatic hydroxyl groups is 1. The first kappa shape index (κ1) is 34.1. The van der Waals surface area contributed by atoms with E-state index in [9.17, 15) is 15.6 Å². The van der Waals surface area contributed by atoms with Crippen LogP contribution in [0.3, 0.4) is 0 Å². The molecule has 4 aromatic heterocycles. The minimum atomic E-state index is -0.181. The second-order valence-corrected chi connectivity index (χ2v) is 14.3. The van der Waals surface area contributed by atoms with Gasteiger partial charge in [-0.3, -0.25) is 8.80 Å². The average Bonchev–Trinajstić information content (AvgIpc) is 3.74. The van der Waals surface area contributed by atoms with Crippen molar-refractivity contribution in [1.29, 1.82) is 10.5 Å². The van der Waals surface area contributed by atoms with E-state index in [4.69, 9.17) is 33.3 Å². The number of hydrogen-bond donors (Lipinski definition) is 1. The zero-order valence-corrected chi connectivity index (χ0v) is 31.0. The molecular weight excluding hydrogens is 731 g/mol. The molecule has 4 aromatic carbocycles. The summed E-state index contributed by atoms with van der Waals surface area (Å²) in [5, 5.41) is 50.2. The summed E-state index contributed by atoms with van der Waals surface area (Å²) in [7, 11) is 0. The van der Waals surface area contributed by atoms with Gasteiger partial charge in [0.15, 0.2) is 17.0 Å². The SMILES string of the molecule is Cc1c(N=Nc2ccc(-c3ccc(N=Nc4c(C)c(C#N)c5nc6ccccc6n5c4C4CCC4)c(Cl)c3)cc2Cl)c(O)n2c(nc3ccccc32)c1C#N. The number of hydrogen-bond acceptors (Lipinski definition) is 9. The van der Waals surface area contributed by atoms with E-state index in [1.54, 1.807) is 31.2 Å². The molecule has 4 heterocycles. The minimum Gasteiger partial charge on any atom is -0.493 e. The van der Waals surface area contributed by atoms with Crippen LogP contribution in [0.5, 0.6) is 5.88 Å². The van der Waals surface area contributed by atoms with E-state index in [1.165, 1.54) is 4.40 Å². The van der Waals surface area contributed by atoms with Crippen molar-refractivity contribution in [3.05, 3.63) is 123 Å².